The van der Waals surface area contributed by atoms with E-state index in [1.807, 2.05) is 7.05 Å². The summed E-state index contributed by atoms with van der Waals surface area (Å²) in [4.78, 5) is 6.86. The number of nitrogens with zero attached hydrogens (tertiary/aromatic N) is 3. The van der Waals surface area contributed by atoms with Crippen LogP contribution >= 0.6 is 0 Å². The van der Waals surface area contributed by atoms with E-state index in [1.165, 1.54) is 24.1 Å². The zero-order valence-corrected chi connectivity index (χ0v) is 11.4. The molecule has 1 heterocycles. The summed E-state index contributed by atoms with van der Waals surface area (Å²) in [6.45, 7) is 3.15. The van der Waals surface area contributed by atoms with E-state index in [4.69, 9.17) is 4.98 Å². The van der Waals surface area contributed by atoms with Gasteiger partial charge >= 0.3 is 0 Å². The summed E-state index contributed by atoms with van der Waals surface area (Å²) >= 11 is 0. The Balaban J connectivity index is 2.31. The molecule has 0 N–H and O–H groups in total. The van der Waals surface area contributed by atoms with Gasteiger partial charge in [-0.1, -0.05) is 13.3 Å². The first kappa shape index (κ1) is 12.9. The minimum atomic E-state index is 0.731. The topological polar surface area (TPSA) is 39.9 Å². The average molecular weight is 243 g/mol. The molecule has 0 atom stereocenters. The van der Waals surface area contributed by atoms with Crippen molar-refractivity contribution in [3.05, 3.63) is 22.9 Å². The molecular weight excluding hydrogens is 222 g/mol. The van der Waals surface area contributed by atoms with Crippen LogP contribution in [0.25, 0.3) is 0 Å². The van der Waals surface area contributed by atoms with E-state index in [1.54, 1.807) is 0 Å². The monoisotopic (exact) mass is 243 g/mol. The Hall–Kier alpha value is -1.56. The summed E-state index contributed by atoms with van der Waals surface area (Å²) in [6.07, 6.45) is 6.90. The van der Waals surface area contributed by atoms with E-state index in [0.717, 1.165) is 43.6 Å². The smallest absolute Gasteiger partial charge is 0.146 e. The Kier molecular flexibility index (Phi) is 4.19. The van der Waals surface area contributed by atoms with Crippen molar-refractivity contribution in [3.63, 3.8) is 0 Å². The van der Waals surface area contributed by atoms with Gasteiger partial charge in [0.25, 0.3) is 0 Å². The van der Waals surface area contributed by atoms with Crippen molar-refractivity contribution >= 4 is 5.82 Å². The van der Waals surface area contributed by atoms with Gasteiger partial charge in [0.05, 0.1) is 5.56 Å². The highest BCUT2D eigenvalue weighted by Gasteiger charge is 2.16. The SMILES string of the molecule is CCCCN(C)c1nc2c(cc1C#N)CCCC2. The fourth-order valence-corrected chi connectivity index (χ4v) is 2.50. The lowest BCUT2D eigenvalue weighted by atomic mass is 9.95. The van der Waals surface area contributed by atoms with Gasteiger partial charge in [-0.05, 0) is 43.7 Å². The second-order valence-electron chi connectivity index (χ2n) is 5.06. The summed E-state index contributed by atoms with van der Waals surface area (Å²) < 4.78 is 0. The van der Waals surface area contributed by atoms with E-state index >= 15 is 0 Å². The number of hydrogen-bond donors (Lipinski definition) is 0. The second-order valence-corrected chi connectivity index (χ2v) is 5.06. The number of hydrogen-bond acceptors (Lipinski definition) is 3. The molecule has 0 radical (unpaired) electrons. The molecule has 3 nitrogen and oxygen atoms in total. The van der Waals surface area contributed by atoms with Crippen molar-refractivity contribution in [2.24, 2.45) is 0 Å². The zero-order valence-electron chi connectivity index (χ0n) is 11.4. The molecule has 3 heteroatoms. The molecule has 2 rings (SSSR count). The number of anilines is 1. The van der Waals surface area contributed by atoms with Crippen molar-refractivity contribution in [1.29, 1.82) is 5.26 Å². The van der Waals surface area contributed by atoms with E-state index in [-0.39, 0.29) is 0 Å². The van der Waals surface area contributed by atoms with E-state index in [9.17, 15) is 5.26 Å². The van der Waals surface area contributed by atoms with Gasteiger partial charge in [-0.15, -0.1) is 0 Å². The van der Waals surface area contributed by atoms with Crippen LogP contribution in [0.1, 0.15) is 49.4 Å². The third-order valence-electron chi connectivity index (χ3n) is 3.61. The van der Waals surface area contributed by atoms with Crippen LogP contribution in [-0.4, -0.2) is 18.6 Å². The average Bonchev–Trinajstić information content (AvgIpc) is 2.43. The number of nitriles is 1. The Morgan fingerprint density at radius 2 is 2.17 bits per heavy atom. The van der Waals surface area contributed by atoms with Gasteiger partial charge in [0.2, 0.25) is 0 Å². The lowest BCUT2D eigenvalue weighted by Crippen LogP contribution is -2.22. The summed E-state index contributed by atoms with van der Waals surface area (Å²) in [6, 6.07) is 4.35. The molecule has 0 aromatic carbocycles. The largest absolute Gasteiger partial charge is 0.359 e. The molecule has 1 aliphatic carbocycles. The van der Waals surface area contributed by atoms with E-state index in [0.29, 0.717) is 0 Å². The first-order valence-corrected chi connectivity index (χ1v) is 6.90. The van der Waals surface area contributed by atoms with Gasteiger partial charge in [0.15, 0.2) is 0 Å². The Labute approximate surface area is 109 Å². The van der Waals surface area contributed by atoms with Crippen molar-refractivity contribution in [3.8, 4) is 6.07 Å². The summed E-state index contributed by atoms with van der Waals surface area (Å²) in [5.41, 5.74) is 3.22. The van der Waals surface area contributed by atoms with Gasteiger partial charge in [0, 0.05) is 19.3 Å². The minimum absolute atomic E-state index is 0.731. The van der Waals surface area contributed by atoms with Crippen molar-refractivity contribution in [2.45, 2.75) is 45.4 Å². The van der Waals surface area contributed by atoms with Crippen LogP contribution in [0.15, 0.2) is 6.07 Å². The molecule has 1 aliphatic rings. The number of aromatic nitrogens is 1. The molecule has 0 saturated carbocycles. The molecule has 0 bridgehead atoms. The standard InChI is InChI=1S/C15H21N3/c1-3-4-9-18(2)15-13(11-16)10-12-7-5-6-8-14(12)17-15/h10H,3-9H2,1-2H3. The molecule has 18 heavy (non-hydrogen) atoms. The molecular formula is C15H21N3. The Bertz CT molecular complexity index is 460. The number of rotatable bonds is 4. The number of unbranched alkanes of at least 4 members (excludes halogenated alkanes) is 1. The maximum Gasteiger partial charge on any atom is 0.146 e. The van der Waals surface area contributed by atoms with Crippen LogP contribution in [0.2, 0.25) is 0 Å². The van der Waals surface area contributed by atoms with Crippen LogP contribution in [-0.2, 0) is 12.8 Å². The molecule has 0 spiro atoms. The maximum atomic E-state index is 9.28. The van der Waals surface area contributed by atoms with Gasteiger partial charge < -0.3 is 4.90 Å². The third kappa shape index (κ3) is 2.64. The van der Waals surface area contributed by atoms with Crippen molar-refractivity contribution < 1.29 is 0 Å². The predicted octanol–water partition coefficient (Wildman–Crippen LogP) is 3.07. The molecule has 0 unspecified atom stereocenters. The van der Waals surface area contributed by atoms with E-state index < -0.39 is 0 Å². The van der Waals surface area contributed by atoms with Gasteiger partial charge in [-0.25, -0.2) is 4.98 Å². The maximum absolute atomic E-state index is 9.28. The first-order valence-electron chi connectivity index (χ1n) is 6.90. The van der Waals surface area contributed by atoms with E-state index in [2.05, 4.69) is 24.0 Å². The third-order valence-corrected chi connectivity index (χ3v) is 3.61. The van der Waals surface area contributed by atoms with Crippen molar-refractivity contribution in [2.75, 3.05) is 18.5 Å². The molecule has 0 amide bonds. The highest BCUT2D eigenvalue weighted by atomic mass is 15.2. The normalized spacial score (nSPS) is 13.8. The second kappa shape index (κ2) is 5.86. The number of pyridine rings is 1. The molecule has 0 aliphatic heterocycles. The highest BCUT2D eigenvalue weighted by Crippen LogP contribution is 2.26. The summed E-state index contributed by atoms with van der Waals surface area (Å²) in [5.74, 6) is 0.867. The van der Waals surface area contributed by atoms with Gasteiger partial charge in [-0.2, -0.15) is 5.26 Å². The molecule has 1 aromatic heterocycles. The van der Waals surface area contributed by atoms with Crippen LogP contribution < -0.4 is 4.90 Å². The minimum Gasteiger partial charge on any atom is -0.359 e. The Morgan fingerprint density at radius 1 is 1.39 bits per heavy atom. The quantitative estimate of drug-likeness (QED) is 0.816. The van der Waals surface area contributed by atoms with Crippen LogP contribution in [0.4, 0.5) is 5.82 Å². The van der Waals surface area contributed by atoms with Gasteiger partial charge in [-0.3, -0.25) is 0 Å². The predicted molar refractivity (Wildman–Crippen MR) is 73.8 cm³/mol. The fraction of sp³-hybridized carbons (Fsp3) is 0.600. The zero-order chi connectivity index (χ0) is 13.0. The van der Waals surface area contributed by atoms with Crippen LogP contribution in [0.3, 0.4) is 0 Å². The molecule has 96 valence electrons. The number of aryl methyl sites for hydroxylation is 2. The Morgan fingerprint density at radius 3 is 2.89 bits per heavy atom. The number of fused-ring (bicyclic) bond motifs is 1. The molecule has 0 saturated heterocycles. The summed E-state index contributed by atoms with van der Waals surface area (Å²) in [5, 5.41) is 9.28. The van der Waals surface area contributed by atoms with Gasteiger partial charge in [0.1, 0.15) is 11.9 Å². The van der Waals surface area contributed by atoms with Crippen LogP contribution in [0, 0.1) is 11.3 Å². The highest BCUT2D eigenvalue weighted by molar-refractivity contribution is 5.56. The summed E-state index contributed by atoms with van der Waals surface area (Å²) in [7, 11) is 2.04. The van der Waals surface area contributed by atoms with Crippen LogP contribution in [0.5, 0.6) is 0 Å². The lowest BCUT2D eigenvalue weighted by molar-refractivity contribution is 0.664. The first-order chi connectivity index (χ1) is 8.76. The fourth-order valence-electron chi connectivity index (χ4n) is 2.50. The molecule has 1 aromatic rings. The lowest BCUT2D eigenvalue weighted by Gasteiger charge is -2.23. The van der Waals surface area contributed by atoms with Crippen molar-refractivity contribution in [1.82, 2.24) is 4.98 Å². The molecule has 0 fully saturated rings.